The number of rotatable bonds is 7. The number of likely N-dealkylation sites (tertiary alicyclic amines) is 1. The Morgan fingerprint density at radius 2 is 2.21 bits per heavy atom. The van der Waals surface area contributed by atoms with Crippen molar-refractivity contribution in [2.45, 2.75) is 32.2 Å². The molecule has 1 unspecified atom stereocenters. The summed E-state index contributed by atoms with van der Waals surface area (Å²) in [5, 5.41) is 8.57. The van der Waals surface area contributed by atoms with Crippen LogP contribution in [0.25, 0.3) is 0 Å². The minimum Gasteiger partial charge on any atom is -0.481 e. The van der Waals surface area contributed by atoms with Gasteiger partial charge < -0.3 is 10.0 Å². The van der Waals surface area contributed by atoms with Gasteiger partial charge in [0.2, 0.25) is 0 Å². The van der Waals surface area contributed by atoms with E-state index in [9.17, 15) is 13.2 Å². The van der Waals surface area contributed by atoms with Gasteiger partial charge in [-0.3, -0.25) is 4.79 Å². The summed E-state index contributed by atoms with van der Waals surface area (Å²) in [6.07, 6.45) is 1.60. The molecule has 1 heterocycles. The molecule has 1 aliphatic rings. The predicted octanol–water partition coefficient (Wildman–Crippen LogP) is -0.288. The second-order valence-electron chi connectivity index (χ2n) is 4.82. The highest BCUT2D eigenvalue weighted by Crippen LogP contribution is 2.11. The Morgan fingerprint density at radius 3 is 2.79 bits per heavy atom. The Morgan fingerprint density at radius 1 is 1.53 bits per heavy atom. The van der Waals surface area contributed by atoms with Gasteiger partial charge in [-0.1, -0.05) is 6.92 Å². The molecule has 7 nitrogen and oxygen atoms in total. The van der Waals surface area contributed by atoms with Crippen molar-refractivity contribution in [2.75, 3.05) is 33.2 Å². The van der Waals surface area contributed by atoms with Crippen LogP contribution < -0.4 is 4.72 Å². The Hall–Kier alpha value is -0.700. The minimum absolute atomic E-state index is 0.0190. The van der Waals surface area contributed by atoms with Crippen molar-refractivity contribution in [1.82, 2.24) is 13.9 Å². The van der Waals surface area contributed by atoms with Crippen LogP contribution in [-0.4, -0.2) is 68.0 Å². The number of likely N-dealkylation sites (N-methyl/N-ethyl adjacent to an activating group) is 1. The van der Waals surface area contributed by atoms with Crippen LogP contribution in [0.1, 0.15) is 26.2 Å². The fraction of sp³-hybridized carbons (Fsp3) is 0.909. The zero-order valence-electron chi connectivity index (χ0n) is 11.5. The third-order valence-corrected chi connectivity index (χ3v) is 4.95. The van der Waals surface area contributed by atoms with E-state index in [0.717, 1.165) is 30.2 Å². The maximum absolute atomic E-state index is 12.0. The van der Waals surface area contributed by atoms with E-state index >= 15 is 0 Å². The molecular weight excluding hydrogens is 270 g/mol. The molecule has 1 aliphatic heterocycles. The van der Waals surface area contributed by atoms with Crippen molar-refractivity contribution in [3.8, 4) is 0 Å². The van der Waals surface area contributed by atoms with E-state index in [0.29, 0.717) is 6.54 Å². The lowest BCUT2D eigenvalue weighted by atomic mass is 10.1. The number of hydrogen-bond acceptors (Lipinski definition) is 4. The van der Waals surface area contributed by atoms with Gasteiger partial charge in [0.1, 0.15) is 0 Å². The topological polar surface area (TPSA) is 90.0 Å². The van der Waals surface area contributed by atoms with E-state index in [4.69, 9.17) is 5.11 Å². The molecule has 0 aromatic rings. The molecule has 0 radical (unpaired) electrons. The molecule has 0 aliphatic carbocycles. The van der Waals surface area contributed by atoms with Crippen molar-refractivity contribution in [3.05, 3.63) is 0 Å². The second-order valence-corrected chi connectivity index (χ2v) is 6.63. The molecule has 1 rings (SSSR count). The minimum atomic E-state index is -3.59. The summed E-state index contributed by atoms with van der Waals surface area (Å²) in [7, 11) is -2.20. The molecular formula is C11H23N3O4S. The average Bonchev–Trinajstić information content (AvgIpc) is 2.35. The van der Waals surface area contributed by atoms with Gasteiger partial charge in [0, 0.05) is 26.2 Å². The Labute approximate surface area is 114 Å². The number of carboxylic acid groups (broad SMARTS) is 1. The highest BCUT2D eigenvalue weighted by Gasteiger charge is 2.26. The summed E-state index contributed by atoms with van der Waals surface area (Å²) in [6, 6.07) is -0.0917. The van der Waals surface area contributed by atoms with Crippen LogP contribution in [0.3, 0.4) is 0 Å². The normalized spacial score (nSPS) is 21.7. The van der Waals surface area contributed by atoms with Crippen LogP contribution in [-0.2, 0) is 15.0 Å². The first-order valence-corrected chi connectivity index (χ1v) is 7.97. The first kappa shape index (κ1) is 16.4. The maximum Gasteiger partial charge on any atom is 0.304 e. The maximum atomic E-state index is 12.0. The monoisotopic (exact) mass is 293 g/mol. The van der Waals surface area contributed by atoms with Crippen molar-refractivity contribution in [2.24, 2.45) is 0 Å². The number of hydrogen-bond donors (Lipinski definition) is 2. The lowest BCUT2D eigenvalue weighted by Gasteiger charge is -2.33. The highest BCUT2D eigenvalue weighted by molar-refractivity contribution is 7.87. The number of piperidine rings is 1. The molecule has 1 atom stereocenters. The summed E-state index contributed by atoms with van der Waals surface area (Å²) >= 11 is 0. The smallest absolute Gasteiger partial charge is 0.304 e. The third kappa shape index (κ3) is 5.43. The summed E-state index contributed by atoms with van der Waals surface area (Å²) < 4.78 is 27.7. The van der Waals surface area contributed by atoms with Gasteiger partial charge >= 0.3 is 5.97 Å². The molecule has 0 aromatic carbocycles. The van der Waals surface area contributed by atoms with Crippen LogP contribution in [0.4, 0.5) is 0 Å². The van der Waals surface area contributed by atoms with Gasteiger partial charge in [0.25, 0.3) is 10.2 Å². The Bertz CT molecular complexity index is 399. The summed E-state index contributed by atoms with van der Waals surface area (Å²) in [5.74, 6) is -1.00. The van der Waals surface area contributed by atoms with E-state index in [1.54, 1.807) is 0 Å². The molecule has 0 spiro atoms. The van der Waals surface area contributed by atoms with Crippen molar-refractivity contribution in [3.63, 3.8) is 0 Å². The van der Waals surface area contributed by atoms with Crippen LogP contribution in [0.5, 0.6) is 0 Å². The molecule has 1 saturated heterocycles. The number of nitrogens with one attached hydrogen (secondary N) is 1. The van der Waals surface area contributed by atoms with E-state index in [2.05, 4.69) is 16.5 Å². The zero-order valence-corrected chi connectivity index (χ0v) is 12.3. The lowest BCUT2D eigenvalue weighted by Crippen LogP contribution is -2.51. The van der Waals surface area contributed by atoms with Crippen LogP contribution in [0, 0.1) is 0 Å². The van der Waals surface area contributed by atoms with E-state index in [1.807, 2.05) is 0 Å². The largest absolute Gasteiger partial charge is 0.481 e. The molecule has 2 N–H and O–H groups in total. The van der Waals surface area contributed by atoms with Crippen LogP contribution >= 0.6 is 0 Å². The van der Waals surface area contributed by atoms with Crippen molar-refractivity contribution < 1.29 is 18.3 Å². The highest BCUT2D eigenvalue weighted by atomic mass is 32.2. The third-order valence-electron chi connectivity index (χ3n) is 3.32. The standard InChI is InChI=1S/C11H23N3O4S/c1-3-14-7-4-5-10(9-14)12-19(17,18)13(2)8-6-11(15)16/h10,12H,3-9H2,1-2H3,(H,15,16). The molecule has 0 saturated carbocycles. The van der Waals surface area contributed by atoms with Gasteiger partial charge in [-0.2, -0.15) is 17.4 Å². The Kier molecular flexibility index (Phi) is 6.18. The van der Waals surface area contributed by atoms with E-state index in [-0.39, 0.29) is 19.0 Å². The number of carboxylic acids is 1. The van der Waals surface area contributed by atoms with E-state index in [1.165, 1.54) is 7.05 Å². The quantitative estimate of drug-likeness (QED) is 0.673. The molecule has 0 aromatic heterocycles. The average molecular weight is 293 g/mol. The number of carbonyl (C=O) groups is 1. The van der Waals surface area contributed by atoms with Gasteiger partial charge in [-0.05, 0) is 25.9 Å². The summed E-state index contributed by atoms with van der Waals surface area (Å²) in [5.41, 5.74) is 0. The van der Waals surface area contributed by atoms with Gasteiger partial charge in [-0.15, -0.1) is 0 Å². The van der Waals surface area contributed by atoms with E-state index < -0.39 is 16.2 Å². The fourth-order valence-electron chi connectivity index (χ4n) is 2.11. The van der Waals surface area contributed by atoms with Crippen molar-refractivity contribution >= 4 is 16.2 Å². The first-order chi connectivity index (χ1) is 8.85. The molecule has 0 amide bonds. The molecule has 8 heteroatoms. The van der Waals surface area contributed by atoms with Crippen LogP contribution in [0.2, 0.25) is 0 Å². The van der Waals surface area contributed by atoms with Gasteiger partial charge in [0.05, 0.1) is 6.42 Å². The number of aliphatic carboxylic acids is 1. The first-order valence-electron chi connectivity index (χ1n) is 6.53. The summed E-state index contributed by atoms with van der Waals surface area (Å²) in [4.78, 5) is 12.7. The molecule has 19 heavy (non-hydrogen) atoms. The molecule has 1 fully saturated rings. The fourth-order valence-corrected chi connectivity index (χ4v) is 3.24. The molecule has 0 bridgehead atoms. The lowest BCUT2D eigenvalue weighted by molar-refractivity contribution is -0.137. The number of nitrogens with zero attached hydrogens (tertiary/aromatic N) is 2. The summed E-state index contributed by atoms with van der Waals surface area (Å²) in [6.45, 7) is 4.66. The van der Waals surface area contributed by atoms with Crippen LogP contribution in [0.15, 0.2) is 0 Å². The van der Waals surface area contributed by atoms with Gasteiger partial charge in [0.15, 0.2) is 0 Å². The zero-order chi connectivity index (χ0) is 14.5. The predicted molar refractivity (Wildman–Crippen MR) is 72.1 cm³/mol. The van der Waals surface area contributed by atoms with Gasteiger partial charge in [-0.25, -0.2) is 0 Å². The second kappa shape index (κ2) is 7.18. The molecule has 112 valence electrons. The SMILES string of the molecule is CCN1CCCC(NS(=O)(=O)N(C)CCC(=O)O)C1. The van der Waals surface area contributed by atoms with Crippen molar-refractivity contribution in [1.29, 1.82) is 0 Å². The Balaban J connectivity index is 2.51.